The first-order valence-electron chi connectivity index (χ1n) is 11.8. The molecule has 34 heavy (non-hydrogen) atoms. The third-order valence-corrected chi connectivity index (χ3v) is 6.92. The second kappa shape index (κ2) is 10.1. The van der Waals surface area contributed by atoms with Crippen molar-refractivity contribution in [2.24, 2.45) is 29.4 Å². The van der Waals surface area contributed by atoms with E-state index in [0.717, 1.165) is 4.90 Å². The lowest BCUT2D eigenvalue weighted by atomic mass is 9.78. The molecule has 0 aromatic carbocycles. The second-order valence-electron chi connectivity index (χ2n) is 10.1. The van der Waals surface area contributed by atoms with Gasteiger partial charge in [0.2, 0.25) is 5.91 Å². The number of carboxylic acid groups (broad SMARTS) is 1. The van der Waals surface area contributed by atoms with E-state index in [4.69, 9.17) is 15.9 Å². The summed E-state index contributed by atoms with van der Waals surface area (Å²) in [4.78, 5) is 55.5. The maximum atomic E-state index is 13.0. The van der Waals surface area contributed by atoms with Crippen molar-refractivity contribution in [1.29, 1.82) is 5.41 Å². The molecular weight excluding hydrogens is 444 g/mol. The molecule has 2 atom stereocenters. The number of ether oxygens (including phenoxy) is 1. The van der Waals surface area contributed by atoms with Gasteiger partial charge in [-0.25, -0.2) is 19.3 Å². The number of urea groups is 1. The van der Waals surface area contributed by atoms with Gasteiger partial charge in [-0.15, -0.1) is 0 Å². The molecule has 4 amide bonds. The first-order chi connectivity index (χ1) is 15.9. The number of imide groups is 1. The molecule has 0 spiro atoms. The van der Waals surface area contributed by atoms with E-state index in [9.17, 15) is 24.3 Å². The molecule has 3 fully saturated rings. The summed E-state index contributed by atoms with van der Waals surface area (Å²) in [6, 6.07) is -1.84. The average Bonchev–Trinajstić information content (AvgIpc) is 2.73. The molecule has 3 aliphatic rings. The standard InChI is InChI=1S/C22H36N6O6/c1-12(2)17(13(3)4)34-22(33)26-7-5-25(6-8-26)21(32)28-16(19(30)31)15(18(28)29)9-14-10-27(11-14)20(23)24/h12-17H,5-11H2,1-4H3,(H3,23,24)(H,30,31)/t15-,16+/m1/s1. The Morgan fingerprint density at radius 3 is 2.03 bits per heavy atom. The van der Waals surface area contributed by atoms with Gasteiger partial charge in [0.25, 0.3) is 0 Å². The fraction of sp³-hybridized carbons (Fsp3) is 0.773. The van der Waals surface area contributed by atoms with Gasteiger partial charge in [-0.05, 0) is 24.2 Å². The average molecular weight is 481 g/mol. The zero-order valence-corrected chi connectivity index (χ0v) is 20.3. The number of carboxylic acids is 1. The summed E-state index contributed by atoms with van der Waals surface area (Å²) in [6.45, 7) is 9.88. The Balaban J connectivity index is 1.53. The quantitative estimate of drug-likeness (QED) is 0.284. The van der Waals surface area contributed by atoms with Crippen LogP contribution in [0, 0.1) is 29.1 Å². The molecule has 3 aliphatic heterocycles. The van der Waals surface area contributed by atoms with Crippen LogP contribution in [0.5, 0.6) is 0 Å². The van der Waals surface area contributed by atoms with Gasteiger partial charge in [0.05, 0.1) is 5.92 Å². The minimum atomic E-state index is -1.21. The zero-order valence-electron chi connectivity index (χ0n) is 20.3. The number of hydrogen-bond acceptors (Lipinski definition) is 6. The topological polar surface area (TPSA) is 161 Å². The molecule has 12 nitrogen and oxygen atoms in total. The van der Waals surface area contributed by atoms with Crippen LogP contribution in [0.4, 0.5) is 9.59 Å². The molecule has 0 unspecified atom stereocenters. The van der Waals surface area contributed by atoms with Crippen molar-refractivity contribution in [1.82, 2.24) is 19.6 Å². The van der Waals surface area contributed by atoms with Crippen LogP contribution in [0.2, 0.25) is 0 Å². The first kappa shape index (κ1) is 25.6. The molecule has 4 N–H and O–H groups in total. The van der Waals surface area contributed by atoms with E-state index in [-0.39, 0.29) is 56.0 Å². The fourth-order valence-electron chi connectivity index (χ4n) is 5.01. The number of hydrogen-bond donors (Lipinski definition) is 3. The number of nitrogens with zero attached hydrogens (tertiary/aromatic N) is 4. The van der Waals surface area contributed by atoms with Crippen LogP contribution in [0.1, 0.15) is 34.1 Å². The molecule has 190 valence electrons. The summed E-state index contributed by atoms with van der Waals surface area (Å²) in [5, 5.41) is 17.1. The van der Waals surface area contributed by atoms with Crippen molar-refractivity contribution in [3.8, 4) is 0 Å². The SMILES string of the molecule is CC(C)C(OC(=O)N1CCN(C(=O)N2C(=O)[C@H](CC3CN(C(=N)N)C3)[C@H]2C(=O)O)CC1)C(C)C. The number of guanidine groups is 1. The summed E-state index contributed by atoms with van der Waals surface area (Å²) in [5.41, 5.74) is 5.42. The normalized spacial score (nSPS) is 23.3. The van der Waals surface area contributed by atoms with Crippen molar-refractivity contribution in [2.75, 3.05) is 39.3 Å². The van der Waals surface area contributed by atoms with E-state index in [2.05, 4.69) is 0 Å². The van der Waals surface area contributed by atoms with Crippen LogP contribution < -0.4 is 5.73 Å². The van der Waals surface area contributed by atoms with Crippen LogP contribution in [-0.2, 0) is 14.3 Å². The molecular formula is C22H36N6O6. The van der Waals surface area contributed by atoms with Crippen LogP contribution in [0.3, 0.4) is 0 Å². The number of rotatable bonds is 6. The maximum absolute atomic E-state index is 13.0. The van der Waals surface area contributed by atoms with Crippen LogP contribution >= 0.6 is 0 Å². The lowest BCUT2D eigenvalue weighted by molar-refractivity contribution is -0.168. The number of nitrogens with one attached hydrogen (secondary N) is 1. The number of carbonyl (C=O) groups excluding carboxylic acids is 3. The molecule has 3 rings (SSSR count). The molecule has 3 saturated heterocycles. The second-order valence-corrected chi connectivity index (χ2v) is 10.1. The monoisotopic (exact) mass is 480 g/mol. The molecule has 3 heterocycles. The van der Waals surface area contributed by atoms with Crippen molar-refractivity contribution < 1.29 is 29.0 Å². The fourth-order valence-corrected chi connectivity index (χ4v) is 5.01. The highest BCUT2D eigenvalue weighted by molar-refractivity contribution is 6.07. The third-order valence-electron chi connectivity index (χ3n) is 6.92. The Labute approximate surface area is 199 Å². The van der Waals surface area contributed by atoms with Gasteiger partial charge in [0.1, 0.15) is 6.10 Å². The predicted molar refractivity (Wildman–Crippen MR) is 122 cm³/mol. The molecule has 0 aromatic rings. The number of aliphatic carboxylic acids is 1. The summed E-state index contributed by atoms with van der Waals surface area (Å²) >= 11 is 0. The van der Waals surface area contributed by atoms with Gasteiger partial charge in [-0.3, -0.25) is 10.2 Å². The highest BCUT2D eigenvalue weighted by Crippen LogP contribution is 2.36. The molecule has 0 aromatic heterocycles. The Hall–Kier alpha value is -3.05. The van der Waals surface area contributed by atoms with E-state index >= 15 is 0 Å². The maximum Gasteiger partial charge on any atom is 0.410 e. The highest BCUT2D eigenvalue weighted by Gasteiger charge is 2.56. The number of β-lactam (4-membered cyclic amide) rings is 1. The van der Waals surface area contributed by atoms with Gasteiger partial charge in [0, 0.05) is 39.3 Å². The predicted octanol–water partition coefficient (Wildman–Crippen LogP) is 0.668. The first-order valence-corrected chi connectivity index (χ1v) is 11.8. The minimum Gasteiger partial charge on any atom is -0.480 e. The number of likely N-dealkylation sites (tertiary alicyclic amines) is 2. The van der Waals surface area contributed by atoms with Crippen LogP contribution in [0.25, 0.3) is 0 Å². The number of nitrogens with two attached hydrogens (primary N) is 1. The van der Waals surface area contributed by atoms with E-state index in [1.54, 1.807) is 4.90 Å². The Morgan fingerprint density at radius 1 is 1.03 bits per heavy atom. The van der Waals surface area contributed by atoms with Crippen molar-refractivity contribution >= 4 is 30.0 Å². The lowest BCUT2D eigenvalue weighted by Crippen LogP contribution is -2.70. The zero-order chi connectivity index (χ0) is 25.3. The summed E-state index contributed by atoms with van der Waals surface area (Å²) < 4.78 is 5.66. The number of amides is 4. The van der Waals surface area contributed by atoms with E-state index in [1.807, 2.05) is 27.7 Å². The molecule has 0 aliphatic carbocycles. The Morgan fingerprint density at radius 2 is 1.56 bits per heavy atom. The van der Waals surface area contributed by atoms with Gasteiger partial charge in [0.15, 0.2) is 12.0 Å². The van der Waals surface area contributed by atoms with Gasteiger partial charge < -0.3 is 30.3 Å². The largest absolute Gasteiger partial charge is 0.480 e. The Bertz CT molecular complexity index is 826. The molecule has 0 saturated carbocycles. The number of carbonyl (C=O) groups is 4. The molecule has 0 bridgehead atoms. The van der Waals surface area contributed by atoms with E-state index < -0.39 is 36.0 Å². The van der Waals surface area contributed by atoms with Gasteiger partial charge >= 0.3 is 18.1 Å². The van der Waals surface area contributed by atoms with E-state index in [1.165, 1.54) is 9.80 Å². The van der Waals surface area contributed by atoms with Crippen molar-refractivity contribution in [3.05, 3.63) is 0 Å². The summed E-state index contributed by atoms with van der Waals surface area (Å²) in [7, 11) is 0. The smallest absolute Gasteiger partial charge is 0.410 e. The van der Waals surface area contributed by atoms with Crippen molar-refractivity contribution in [2.45, 2.75) is 46.3 Å². The Kier molecular flexibility index (Phi) is 7.57. The summed E-state index contributed by atoms with van der Waals surface area (Å²) in [5.74, 6) is -2.10. The molecule has 0 radical (unpaired) electrons. The van der Waals surface area contributed by atoms with Crippen molar-refractivity contribution in [3.63, 3.8) is 0 Å². The van der Waals surface area contributed by atoms with E-state index in [0.29, 0.717) is 19.5 Å². The third kappa shape index (κ3) is 5.05. The van der Waals surface area contributed by atoms with Crippen LogP contribution in [-0.4, -0.2) is 106 Å². The van der Waals surface area contributed by atoms with Gasteiger partial charge in [-0.2, -0.15) is 0 Å². The summed E-state index contributed by atoms with van der Waals surface area (Å²) in [6.07, 6.45) is -0.295. The minimum absolute atomic E-state index is 0.0465. The number of piperazine rings is 1. The van der Waals surface area contributed by atoms with Crippen LogP contribution in [0.15, 0.2) is 0 Å². The molecule has 12 heteroatoms. The van der Waals surface area contributed by atoms with Gasteiger partial charge in [-0.1, -0.05) is 27.7 Å². The lowest BCUT2D eigenvalue weighted by Gasteiger charge is -2.49. The highest BCUT2D eigenvalue weighted by atomic mass is 16.6.